The highest BCUT2D eigenvalue weighted by atomic mass is 16.5. The fourth-order valence-corrected chi connectivity index (χ4v) is 3.32. The zero-order valence-electron chi connectivity index (χ0n) is 17.5. The molecular weight excluding hydrogens is 374 g/mol. The molecule has 0 aromatic heterocycles. The maximum atomic E-state index is 10.7. The fraction of sp³-hybridized carbons (Fsp3) is 0.269. The van der Waals surface area contributed by atoms with Gasteiger partial charge >= 0.3 is 5.97 Å². The maximum absolute atomic E-state index is 10.7. The van der Waals surface area contributed by atoms with Crippen LogP contribution in [0.4, 0.5) is 11.4 Å². The van der Waals surface area contributed by atoms with Crippen molar-refractivity contribution in [1.82, 2.24) is 0 Å². The molecular formula is C26H29NO3. The minimum Gasteiger partial charge on any atom is -0.489 e. The molecule has 0 aliphatic heterocycles. The summed E-state index contributed by atoms with van der Waals surface area (Å²) >= 11 is 0. The second-order valence-corrected chi connectivity index (χ2v) is 7.34. The zero-order chi connectivity index (χ0) is 21.2. The van der Waals surface area contributed by atoms with Gasteiger partial charge in [0.1, 0.15) is 12.4 Å². The molecule has 156 valence electrons. The molecule has 4 nitrogen and oxygen atoms in total. The average molecular weight is 404 g/mol. The molecule has 0 fully saturated rings. The molecule has 0 saturated heterocycles. The van der Waals surface area contributed by atoms with E-state index in [0.29, 0.717) is 13.0 Å². The van der Waals surface area contributed by atoms with Gasteiger partial charge in [-0.25, -0.2) is 0 Å². The van der Waals surface area contributed by atoms with E-state index in [1.807, 2.05) is 30.3 Å². The van der Waals surface area contributed by atoms with Gasteiger partial charge in [-0.15, -0.1) is 0 Å². The molecule has 0 bridgehead atoms. The van der Waals surface area contributed by atoms with E-state index in [1.54, 1.807) is 0 Å². The highest BCUT2D eigenvalue weighted by Crippen LogP contribution is 2.27. The normalized spacial score (nSPS) is 10.6. The number of aliphatic carboxylic acids is 1. The largest absolute Gasteiger partial charge is 0.489 e. The predicted octanol–water partition coefficient (Wildman–Crippen LogP) is 6.22. The van der Waals surface area contributed by atoms with E-state index < -0.39 is 5.97 Å². The number of para-hydroxylation sites is 1. The third kappa shape index (κ3) is 6.38. The molecule has 0 unspecified atom stereocenters. The van der Waals surface area contributed by atoms with Crippen LogP contribution in [0.25, 0.3) is 0 Å². The van der Waals surface area contributed by atoms with Gasteiger partial charge in [-0.05, 0) is 60.4 Å². The lowest BCUT2D eigenvalue weighted by atomic mass is 10.1. The Kier molecular flexibility index (Phi) is 7.90. The minimum atomic E-state index is -0.779. The van der Waals surface area contributed by atoms with Crippen LogP contribution in [-0.4, -0.2) is 17.6 Å². The number of carboxylic acid groups (broad SMARTS) is 1. The summed E-state index contributed by atoms with van der Waals surface area (Å²) in [6.45, 7) is 3.67. The maximum Gasteiger partial charge on any atom is 0.303 e. The van der Waals surface area contributed by atoms with Gasteiger partial charge in [0, 0.05) is 24.3 Å². The third-order valence-electron chi connectivity index (χ3n) is 4.98. The van der Waals surface area contributed by atoms with E-state index in [0.717, 1.165) is 36.3 Å². The van der Waals surface area contributed by atoms with Crippen LogP contribution in [-0.2, 0) is 17.8 Å². The van der Waals surface area contributed by atoms with Crippen molar-refractivity contribution in [1.29, 1.82) is 0 Å². The molecule has 3 aromatic rings. The lowest BCUT2D eigenvalue weighted by Gasteiger charge is -2.25. The van der Waals surface area contributed by atoms with Gasteiger partial charge in [0.15, 0.2) is 0 Å². The predicted molar refractivity (Wildman–Crippen MR) is 122 cm³/mol. The Morgan fingerprint density at radius 2 is 1.63 bits per heavy atom. The molecule has 0 aliphatic carbocycles. The Balaban J connectivity index is 1.66. The van der Waals surface area contributed by atoms with Crippen LogP contribution in [0.2, 0.25) is 0 Å². The van der Waals surface area contributed by atoms with Gasteiger partial charge in [0.25, 0.3) is 0 Å². The lowest BCUT2D eigenvalue weighted by molar-refractivity contribution is -0.136. The fourth-order valence-electron chi connectivity index (χ4n) is 3.32. The number of anilines is 2. The van der Waals surface area contributed by atoms with Crippen LogP contribution in [0.1, 0.15) is 37.3 Å². The van der Waals surface area contributed by atoms with Crippen LogP contribution < -0.4 is 9.64 Å². The van der Waals surface area contributed by atoms with Crippen molar-refractivity contribution >= 4 is 17.3 Å². The number of benzene rings is 3. The first kappa shape index (κ1) is 21.4. The number of hydrogen-bond acceptors (Lipinski definition) is 3. The number of rotatable bonds is 11. The minimum absolute atomic E-state index is 0.142. The van der Waals surface area contributed by atoms with E-state index in [1.165, 1.54) is 11.4 Å². The monoisotopic (exact) mass is 403 g/mol. The summed E-state index contributed by atoms with van der Waals surface area (Å²) in [4.78, 5) is 13.0. The smallest absolute Gasteiger partial charge is 0.303 e. The van der Waals surface area contributed by atoms with Crippen molar-refractivity contribution in [3.8, 4) is 5.75 Å². The number of carboxylic acids is 1. The second kappa shape index (κ2) is 11.1. The second-order valence-electron chi connectivity index (χ2n) is 7.34. The summed E-state index contributed by atoms with van der Waals surface area (Å²) in [5, 5.41) is 8.79. The lowest BCUT2D eigenvalue weighted by Crippen LogP contribution is -2.18. The van der Waals surface area contributed by atoms with Gasteiger partial charge in [0.2, 0.25) is 0 Å². The molecule has 30 heavy (non-hydrogen) atoms. The summed E-state index contributed by atoms with van der Waals surface area (Å²) in [5.74, 6) is 0.00377. The number of aryl methyl sites for hydroxylation is 1. The summed E-state index contributed by atoms with van der Waals surface area (Å²) in [7, 11) is 0. The summed E-state index contributed by atoms with van der Waals surface area (Å²) in [6, 6.07) is 26.6. The van der Waals surface area contributed by atoms with Crippen LogP contribution in [0, 0.1) is 0 Å². The molecule has 3 aromatic carbocycles. The molecule has 3 rings (SSSR count). The number of carbonyl (C=O) groups is 1. The number of ether oxygens (including phenoxy) is 1. The Morgan fingerprint density at radius 3 is 2.33 bits per heavy atom. The van der Waals surface area contributed by atoms with Gasteiger partial charge in [-0.3, -0.25) is 4.79 Å². The summed E-state index contributed by atoms with van der Waals surface area (Å²) < 4.78 is 5.96. The molecule has 0 radical (unpaired) electrons. The topological polar surface area (TPSA) is 49.8 Å². The summed E-state index contributed by atoms with van der Waals surface area (Å²) in [5.41, 5.74) is 4.47. The van der Waals surface area contributed by atoms with Crippen molar-refractivity contribution in [3.05, 3.63) is 90.0 Å². The molecule has 0 atom stereocenters. The van der Waals surface area contributed by atoms with Crippen molar-refractivity contribution in [2.24, 2.45) is 0 Å². The average Bonchev–Trinajstić information content (AvgIpc) is 2.78. The molecule has 0 amide bonds. The molecule has 1 N–H and O–H groups in total. The highest BCUT2D eigenvalue weighted by molar-refractivity contribution is 5.67. The number of nitrogens with zero attached hydrogens (tertiary/aromatic N) is 1. The Bertz CT molecular complexity index is 923. The third-order valence-corrected chi connectivity index (χ3v) is 4.98. The van der Waals surface area contributed by atoms with Crippen LogP contribution >= 0.6 is 0 Å². The zero-order valence-corrected chi connectivity index (χ0v) is 17.5. The van der Waals surface area contributed by atoms with E-state index in [9.17, 15) is 4.79 Å². The van der Waals surface area contributed by atoms with Gasteiger partial charge in [-0.2, -0.15) is 0 Å². The molecule has 0 aliphatic rings. The van der Waals surface area contributed by atoms with Crippen molar-refractivity contribution in [2.45, 2.75) is 39.2 Å². The molecule has 0 saturated carbocycles. The van der Waals surface area contributed by atoms with E-state index in [4.69, 9.17) is 9.84 Å². The van der Waals surface area contributed by atoms with E-state index in [-0.39, 0.29) is 6.42 Å². The van der Waals surface area contributed by atoms with E-state index >= 15 is 0 Å². The molecule has 0 spiro atoms. The Labute approximate surface area is 178 Å². The Morgan fingerprint density at radius 1 is 0.900 bits per heavy atom. The summed E-state index contributed by atoms with van der Waals surface area (Å²) in [6.07, 6.45) is 2.95. The first-order valence-electron chi connectivity index (χ1n) is 10.5. The van der Waals surface area contributed by atoms with Crippen LogP contribution in [0.3, 0.4) is 0 Å². The molecule has 0 heterocycles. The molecule has 4 heteroatoms. The SMILES string of the molecule is CCCCN(c1ccccc1)c1cccc(COc2ccc(CCC(=O)O)cc2)c1. The Hall–Kier alpha value is -3.27. The first-order chi connectivity index (χ1) is 14.7. The highest BCUT2D eigenvalue weighted by Gasteiger charge is 2.09. The van der Waals surface area contributed by atoms with Crippen molar-refractivity contribution in [3.63, 3.8) is 0 Å². The number of hydrogen-bond donors (Lipinski definition) is 1. The van der Waals surface area contributed by atoms with Gasteiger partial charge in [0.05, 0.1) is 0 Å². The van der Waals surface area contributed by atoms with Crippen molar-refractivity contribution < 1.29 is 14.6 Å². The van der Waals surface area contributed by atoms with E-state index in [2.05, 4.69) is 60.4 Å². The van der Waals surface area contributed by atoms with Crippen LogP contribution in [0.5, 0.6) is 5.75 Å². The van der Waals surface area contributed by atoms with Gasteiger partial charge < -0.3 is 14.7 Å². The first-order valence-corrected chi connectivity index (χ1v) is 10.5. The standard InChI is InChI=1S/C26H29NO3/c1-2-3-18-27(23-9-5-4-6-10-23)24-11-7-8-22(19-24)20-30-25-15-12-21(13-16-25)14-17-26(28)29/h4-13,15-16,19H,2-3,14,17-18,20H2,1H3,(H,28,29). The quantitative estimate of drug-likeness (QED) is 0.413. The number of unbranched alkanes of at least 4 members (excludes halogenated alkanes) is 1. The van der Waals surface area contributed by atoms with Crippen LogP contribution in [0.15, 0.2) is 78.9 Å². The van der Waals surface area contributed by atoms with Gasteiger partial charge in [-0.1, -0.05) is 55.8 Å². The van der Waals surface area contributed by atoms with Crippen molar-refractivity contribution in [2.75, 3.05) is 11.4 Å².